The Balaban J connectivity index is 2.31. The predicted molar refractivity (Wildman–Crippen MR) is 135 cm³/mol. The predicted octanol–water partition coefficient (Wildman–Crippen LogP) is 6.81. The van der Waals surface area contributed by atoms with Gasteiger partial charge in [0.1, 0.15) is 0 Å². The summed E-state index contributed by atoms with van der Waals surface area (Å²) in [6.07, 6.45) is 1.06. The van der Waals surface area contributed by atoms with Gasteiger partial charge in [-0.15, -0.1) is 5.10 Å². The maximum absolute atomic E-state index is 11.7. The van der Waals surface area contributed by atoms with Gasteiger partial charge in [-0.3, -0.25) is 0 Å². The van der Waals surface area contributed by atoms with Crippen molar-refractivity contribution in [1.82, 2.24) is 0 Å². The van der Waals surface area contributed by atoms with Gasteiger partial charge < -0.3 is 14.8 Å². The summed E-state index contributed by atoms with van der Waals surface area (Å²) in [6, 6.07) is 16.7. The zero-order chi connectivity index (χ0) is 23.5. The van der Waals surface area contributed by atoms with Gasteiger partial charge in [-0.25, -0.2) is 4.79 Å². The van der Waals surface area contributed by atoms with E-state index in [9.17, 15) is 4.79 Å². The number of ether oxygens (including phenoxy) is 2. The van der Waals surface area contributed by atoms with Gasteiger partial charge in [-0.1, -0.05) is 63.2 Å². The van der Waals surface area contributed by atoms with E-state index in [-0.39, 0.29) is 18.4 Å². The molecule has 1 N–H and O–H groups in total. The molecular formula is C25H33N3O3S. The monoisotopic (exact) mass is 455 g/mol. The Bertz CT molecular complexity index is 929. The van der Waals surface area contributed by atoms with Crippen LogP contribution in [0.25, 0.3) is 0 Å². The molecule has 0 aliphatic rings. The second kappa shape index (κ2) is 12.9. The quantitative estimate of drug-likeness (QED) is 0.156. The summed E-state index contributed by atoms with van der Waals surface area (Å²) in [5.41, 5.74) is 3.93. The third-order valence-electron chi connectivity index (χ3n) is 4.53. The maximum Gasteiger partial charge on any atom is 0.509 e. The average molecular weight is 456 g/mol. The number of nitrogens with zero attached hydrogens (tertiary/aromatic N) is 2. The molecule has 0 heterocycles. The Morgan fingerprint density at radius 1 is 1.12 bits per heavy atom. The molecule has 0 aromatic heterocycles. The molecule has 32 heavy (non-hydrogen) atoms. The molecule has 0 amide bonds. The first-order valence-corrected chi connectivity index (χ1v) is 11.7. The fourth-order valence-electron chi connectivity index (χ4n) is 2.96. The normalized spacial score (nSPS) is 13.8. The number of carbonyl (C=O) groups excluding carboxylic acids is 1. The highest BCUT2D eigenvalue weighted by molar-refractivity contribution is 8.14. The summed E-state index contributed by atoms with van der Waals surface area (Å²) >= 11 is 1.27. The Hall–Kier alpha value is -2.80. The number of hydrogen-bond donors (Lipinski definition) is 1. The molecule has 2 rings (SSSR count). The second-order valence-electron chi connectivity index (χ2n) is 7.75. The minimum Gasteiger partial charge on any atom is -0.435 e. The minimum absolute atomic E-state index is 0.179. The third-order valence-corrected chi connectivity index (χ3v) is 5.37. The molecule has 7 heteroatoms. The number of rotatable bonds is 8. The molecule has 0 aliphatic carbocycles. The van der Waals surface area contributed by atoms with Crippen LogP contribution in [-0.2, 0) is 9.47 Å². The van der Waals surface area contributed by atoms with Crippen molar-refractivity contribution < 1.29 is 14.3 Å². The SMILES string of the molecule is CCOC(=O)OC(C)S/C(=N\N=C\C(C)C)Nc1cc(C)ccc1C(C)c1ccccc1. The number of anilines is 1. The van der Waals surface area contributed by atoms with E-state index in [2.05, 4.69) is 59.7 Å². The van der Waals surface area contributed by atoms with Crippen molar-refractivity contribution in [3.05, 3.63) is 65.2 Å². The number of aryl methyl sites for hydroxylation is 1. The van der Waals surface area contributed by atoms with Gasteiger partial charge in [0.05, 0.1) is 6.61 Å². The highest BCUT2D eigenvalue weighted by Gasteiger charge is 2.18. The van der Waals surface area contributed by atoms with Gasteiger partial charge in [0, 0.05) is 17.8 Å². The lowest BCUT2D eigenvalue weighted by Gasteiger charge is -2.20. The molecular weight excluding hydrogens is 422 g/mol. The Morgan fingerprint density at radius 3 is 2.50 bits per heavy atom. The number of amidine groups is 1. The topological polar surface area (TPSA) is 72.3 Å². The Morgan fingerprint density at radius 2 is 1.84 bits per heavy atom. The van der Waals surface area contributed by atoms with Crippen LogP contribution < -0.4 is 5.32 Å². The standard InChI is InChI=1S/C25H33N3O3S/c1-7-30-25(29)31-20(6)32-24(28-26-16-17(2)3)27-23-15-18(4)13-14-22(23)19(5)21-11-9-8-10-12-21/h8-17,19-20H,7H2,1-6H3,(H,27,28)/b26-16+. The summed E-state index contributed by atoms with van der Waals surface area (Å²) in [6.45, 7) is 12.1. The number of nitrogens with one attached hydrogen (secondary N) is 1. The third kappa shape index (κ3) is 8.38. The van der Waals surface area contributed by atoms with Crippen LogP contribution in [0.2, 0.25) is 0 Å². The number of hydrogen-bond acceptors (Lipinski definition) is 6. The molecule has 0 saturated carbocycles. The summed E-state index contributed by atoms with van der Waals surface area (Å²) < 4.78 is 10.2. The number of thioether (sulfide) groups is 1. The summed E-state index contributed by atoms with van der Waals surface area (Å²) in [4.78, 5) is 11.7. The van der Waals surface area contributed by atoms with E-state index >= 15 is 0 Å². The number of benzene rings is 2. The summed E-state index contributed by atoms with van der Waals surface area (Å²) in [5, 5.41) is 12.5. The van der Waals surface area contributed by atoms with Crippen molar-refractivity contribution in [3.8, 4) is 0 Å². The van der Waals surface area contributed by atoms with Crippen molar-refractivity contribution in [1.29, 1.82) is 0 Å². The molecule has 0 saturated heterocycles. The molecule has 0 fully saturated rings. The Labute approximate surface area is 195 Å². The molecule has 2 aromatic rings. The van der Waals surface area contributed by atoms with E-state index in [1.54, 1.807) is 20.1 Å². The first-order chi connectivity index (χ1) is 15.3. The lowest BCUT2D eigenvalue weighted by Crippen LogP contribution is -2.19. The fourth-order valence-corrected chi connectivity index (χ4v) is 3.66. The first-order valence-electron chi connectivity index (χ1n) is 10.8. The lowest BCUT2D eigenvalue weighted by atomic mass is 9.91. The van der Waals surface area contributed by atoms with Crippen LogP contribution in [-0.4, -0.2) is 29.6 Å². The van der Waals surface area contributed by atoms with Crippen molar-refractivity contribution in [2.45, 2.75) is 52.9 Å². The van der Waals surface area contributed by atoms with Gasteiger partial charge in [0.25, 0.3) is 0 Å². The smallest absolute Gasteiger partial charge is 0.435 e. The van der Waals surface area contributed by atoms with E-state index in [0.29, 0.717) is 5.17 Å². The summed E-state index contributed by atoms with van der Waals surface area (Å²) in [7, 11) is 0. The number of carbonyl (C=O) groups is 1. The highest BCUT2D eigenvalue weighted by Crippen LogP contribution is 2.32. The van der Waals surface area contributed by atoms with Crippen LogP contribution in [0.1, 0.15) is 57.2 Å². The van der Waals surface area contributed by atoms with Crippen LogP contribution in [0.5, 0.6) is 0 Å². The maximum atomic E-state index is 11.7. The van der Waals surface area contributed by atoms with Crippen LogP contribution in [0.4, 0.5) is 10.5 Å². The van der Waals surface area contributed by atoms with Crippen LogP contribution in [0.15, 0.2) is 58.7 Å². The van der Waals surface area contributed by atoms with E-state index in [1.165, 1.54) is 17.3 Å². The van der Waals surface area contributed by atoms with Crippen LogP contribution in [0.3, 0.4) is 0 Å². The molecule has 2 unspecified atom stereocenters. The first kappa shape index (κ1) is 25.5. The van der Waals surface area contributed by atoms with Gasteiger partial charge in [-0.2, -0.15) is 5.10 Å². The van der Waals surface area contributed by atoms with Crippen molar-refractivity contribution in [2.75, 3.05) is 11.9 Å². The zero-order valence-electron chi connectivity index (χ0n) is 19.7. The summed E-state index contributed by atoms with van der Waals surface area (Å²) in [5.74, 6) is 0.448. The van der Waals surface area contributed by atoms with Gasteiger partial charge in [0.15, 0.2) is 10.6 Å². The van der Waals surface area contributed by atoms with Crippen LogP contribution >= 0.6 is 11.8 Å². The van der Waals surface area contributed by atoms with E-state index in [1.807, 2.05) is 32.0 Å². The molecule has 0 radical (unpaired) electrons. The lowest BCUT2D eigenvalue weighted by molar-refractivity contribution is 0.0553. The van der Waals surface area contributed by atoms with Crippen molar-refractivity contribution in [2.24, 2.45) is 16.1 Å². The molecule has 0 spiro atoms. The van der Waals surface area contributed by atoms with E-state index in [0.717, 1.165) is 16.8 Å². The molecule has 0 aliphatic heterocycles. The van der Waals surface area contributed by atoms with Gasteiger partial charge in [0.2, 0.25) is 0 Å². The second-order valence-corrected chi connectivity index (χ2v) is 9.03. The zero-order valence-corrected chi connectivity index (χ0v) is 20.5. The van der Waals surface area contributed by atoms with E-state index < -0.39 is 11.6 Å². The molecule has 2 aromatic carbocycles. The molecule has 0 bridgehead atoms. The van der Waals surface area contributed by atoms with Crippen LogP contribution in [0, 0.1) is 12.8 Å². The fraction of sp³-hybridized carbons (Fsp3) is 0.400. The van der Waals surface area contributed by atoms with Crippen molar-refractivity contribution in [3.63, 3.8) is 0 Å². The molecule has 172 valence electrons. The highest BCUT2D eigenvalue weighted by atomic mass is 32.2. The average Bonchev–Trinajstić information content (AvgIpc) is 2.73. The van der Waals surface area contributed by atoms with Crippen molar-refractivity contribution >= 4 is 35.0 Å². The van der Waals surface area contributed by atoms with Gasteiger partial charge in [-0.05, 0) is 61.2 Å². The molecule has 2 atom stereocenters. The van der Waals surface area contributed by atoms with Gasteiger partial charge >= 0.3 is 6.16 Å². The minimum atomic E-state index is -0.702. The Kier molecular flexibility index (Phi) is 10.3. The van der Waals surface area contributed by atoms with E-state index in [4.69, 9.17) is 9.47 Å². The largest absolute Gasteiger partial charge is 0.509 e. The molecule has 6 nitrogen and oxygen atoms in total.